The summed E-state index contributed by atoms with van der Waals surface area (Å²) in [6.07, 6.45) is 3.52. The minimum absolute atomic E-state index is 0.288. The molecular formula is C11H20N4O2S. The molecule has 0 atom stereocenters. The summed E-state index contributed by atoms with van der Waals surface area (Å²) < 4.78 is 28.3. The Bertz CT molecular complexity index is 489. The second kappa shape index (κ2) is 5.38. The van der Waals surface area contributed by atoms with Gasteiger partial charge in [-0.15, -0.1) is 0 Å². The highest BCUT2D eigenvalue weighted by Crippen LogP contribution is 2.18. The lowest BCUT2D eigenvalue weighted by atomic mass is 10.0. The Morgan fingerprint density at radius 3 is 2.72 bits per heavy atom. The van der Waals surface area contributed by atoms with Gasteiger partial charge >= 0.3 is 0 Å². The Morgan fingerprint density at radius 1 is 1.50 bits per heavy atom. The van der Waals surface area contributed by atoms with E-state index in [-0.39, 0.29) is 6.54 Å². The molecule has 1 aliphatic heterocycles. The summed E-state index contributed by atoms with van der Waals surface area (Å²) in [6.45, 7) is 5.55. The van der Waals surface area contributed by atoms with Crippen molar-refractivity contribution in [3.63, 3.8) is 0 Å². The van der Waals surface area contributed by atoms with Crippen LogP contribution in [0.15, 0.2) is 6.20 Å². The van der Waals surface area contributed by atoms with E-state index in [4.69, 9.17) is 0 Å². The fraction of sp³-hybridized carbons (Fsp3) is 0.727. The highest BCUT2D eigenvalue weighted by Gasteiger charge is 2.26. The van der Waals surface area contributed by atoms with Crippen molar-refractivity contribution in [3.8, 4) is 0 Å². The molecule has 0 aromatic carbocycles. The van der Waals surface area contributed by atoms with Gasteiger partial charge in [0, 0.05) is 30.9 Å². The molecule has 0 saturated carbocycles. The van der Waals surface area contributed by atoms with Crippen LogP contribution in [0.25, 0.3) is 0 Å². The molecule has 7 heteroatoms. The predicted octanol–water partition coefficient (Wildman–Crippen LogP) is 0.784. The Labute approximate surface area is 108 Å². The molecule has 1 saturated heterocycles. The second-order valence-corrected chi connectivity index (χ2v) is 6.68. The minimum Gasteiger partial charge on any atom is -0.283 e. The van der Waals surface area contributed by atoms with E-state index in [0.717, 1.165) is 24.1 Å². The number of hydrogen-bond donors (Lipinski definition) is 2. The molecular weight excluding hydrogens is 252 g/mol. The highest BCUT2D eigenvalue weighted by molar-refractivity contribution is 7.87. The molecule has 0 spiro atoms. The predicted molar refractivity (Wildman–Crippen MR) is 69.1 cm³/mol. The van der Waals surface area contributed by atoms with Crippen LogP contribution in [0.3, 0.4) is 0 Å². The van der Waals surface area contributed by atoms with Crippen LogP contribution in [0, 0.1) is 12.8 Å². The zero-order valence-electron chi connectivity index (χ0n) is 10.8. The smallest absolute Gasteiger partial charge is 0.279 e. The molecule has 6 nitrogen and oxygen atoms in total. The minimum atomic E-state index is -3.36. The first-order valence-corrected chi connectivity index (χ1v) is 7.66. The van der Waals surface area contributed by atoms with Crippen LogP contribution in [0.5, 0.6) is 0 Å². The maximum absolute atomic E-state index is 12.1. The van der Waals surface area contributed by atoms with Gasteiger partial charge in [-0.1, -0.05) is 6.92 Å². The lowest BCUT2D eigenvalue weighted by Crippen LogP contribution is -2.44. The van der Waals surface area contributed by atoms with E-state index in [1.54, 1.807) is 6.20 Å². The lowest BCUT2D eigenvalue weighted by Gasteiger charge is -2.29. The standard InChI is InChI=1S/C11H20N4O2S/c1-9-3-5-15(6-4-9)18(16,17)13-8-11-7-12-14-10(11)2/h7,9,13H,3-6,8H2,1-2H3,(H,12,14). The number of piperidine rings is 1. The number of nitrogens with zero attached hydrogens (tertiary/aromatic N) is 2. The van der Waals surface area contributed by atoms with Crippen molar-refractivity contribution in [1.29, 1.82) is 0 Å². The third-order valence-corrected chi connectivity index (χ3v) is 5.02. The quantitative estimate of drug-likeness (QED) is 0.850. The van der Waals surface area contributed by atoms with E-state index in [0.29, 0.717) is 19.0 Å². The first kappa shape index (κ1) is 13.5. The molecule has 1 aromatic heterocycles. The third-order valence-electron chi connectivity index (χ3n) is 3.46. The number of aryl methyl sites for hydroxylation is 1. The maximum Gasteiger partial charge on any atom is 0.279 e. The molecule has 0 aliphatic carbocycles. The van der Waals surface area contributed by atoms with Crippen molar-refractivity contribution in [2.45, 2.75) is 33.2 Å². The van der Waals surface area contributed by atoms with Gasteiger partial charge in [0.25, 0.3) is 10.2 Å². The van der Waals surface area contributed by atoms with E-state index in [9.17, 15) is 8.42 Å². The van der Waals surface area contributed by atoms with Crippen molar-refractivity contribution in [3.05, 3.63) is 17.5 Å². The van der Waals surface area contributed by atoms with Crippen LogP contribution >= 0.6 is 0 Å². The van der Waals surface area contributed by atoms with Crippen molar-refractivity contribution < 1.29 is 8.42 Å². The van der Waals surface area contributed by atoms with Crippen molar-refractivity contribution in [1.82, 2.24) is 19.2 Å². The largest absolute Gasteiger partial charge is 0.283 e. The summed E-state index contributed by atoms with van der Waals surface area (Å²) in [6, 6.07) is 0. The molecule has 0 radical (unpaired) electrons. The summed E-state index contributed by atoms with van der Waals surface area (Å²) in [4.78, 5) is 0. The van der Waals surface area contributed by atoms with Gasteiger partial charge in [-0.2, -0.15) is 22.5 Å². The monoisotopic (exact) mass is 272 g/mol. The Kier molecular flexibility index (Phi) is 4.04. The molecule has 1 aliphatic rings. The van der Waals surface area contributed by atoms with Gasteiger partial charge in [0.15, 0.2) is 0 Å². The molecule has 2 heterocycles. The van der Waals surface area contributed by atoms with E-state index < -0.39 is 10.2 Å². The summed E-state index contributed by atoms with van der Waals surface area (Å²) in [5.74, 6) is 0.618. The lowest BCUT2D eigenvalue weighted by molar-refractivity contribution is 0.285. The number of nitrogens with one attached hydrogen (secondary N) is 2. The normalized spacial score (nSPS) is 19.2. The van der Waals surface area contributed by atoms with E-state index in [2.05, 4.69) is 21.8 Å². The number of aromatic nitrogens is 2. The van der Waals surface area contributed by atoms with Crippen LogP contribution < -0.4 is 4.72 Å². The molecule has 18 heavy (non-hydrogen) atoms. The Balaban J connectivity index is 1.93. The molecule has 0 unspecified atom stereocenters. The van der Waals surface area contributed by atoms with Crippen molar-refractivity contribution >= 4 is 10.2 Å². The summed E-state index contributed by atoms with van der Waals surface area (Å²) in [5.41, 5.74) is 1.77. The SMILES string of the molecule is Cc1[nH]ncc1CNS(=O)(=O)N1CCC(C)CC1. The summed E-state index contributed by atoms with van der Waals surface area (Å²) in [5, 5.41) is 6.66. The number of aromatic amines is 1. The van der Waals surface area contributed by atoms with Crippen molar-refractivity contribution in [2.24, 2.45) is 5.92 Å². The van der Waals surface area contributed by atoms with Crippen LogP contribution in [-0.4, -0.2) is 36.0 Å². The van der Waals surface area contributed by atoms with Crippen LogP contribution in [-0.2, 0) is 16.8 Å². The molecule has 0 bridgehead atoms. The highest BCUT2D eigenvalue weighted by atomic mass is 32.2. The topological polar surface area (TPSA) is 78.1 Å². The van der Waals surface area contributed by atoms with Gasteiger partial charge in [0.1, 0.15) is 0 Å². The van der Waals surface area contributed by atoms with Crippen LogP contribution in [0.1, 0.15) is 31.0 Å². The molecule has 1 aromatic rings. The first-order chi connectivity index (χ1) is 8.49. The van der Waals surface area contributed by atoms with Gasteiger partial charge in [-0.25, -0.2) is 0 Å². The number of hydrogen-bond acceptors (Lipinski definition) is 3. The van der Waals surface area contributed by atoms with Crippen LogP contribution in [0.4, 0.5) is 0 Å². The van der Waals surface area contributed by atoms with Gasteiger partial charge in [-0.05, 0) is 25.7 Å². The summed E-state index contributed by atoms with van der Waals surface area (Å²) >= 11 is 0. The number of rotatable bonds is 4. The molecule has 102 valence electrons. The summed E-state index contributed by atoms with van der Waals surface area (Å²) in [7, 11) is -3.36. The second-order valence-electron chi connectivity index (χ2n) is 4.93. The van der Waals surface area contributed by atoms with E-state index in [1.807, 2.05) is 6.92 Å². The average molecular weight is 272 g/mol. The zero-order valence-corrected chi connectivity index (χ0v) is 11.6. The van der Waals surface area contributed by atoms with Gasteiger partial charge in [0.2, 0.25) is 0 Å². The van der Waals surface area contributed by atoms with E-state index >= 15 is 0 Å². The van der Waals surface area contributed by atoms with Gasteiger partial charge in [0.05, 0.1) is 6.20 Å². The van der Waals surface area contributed by atoms with Gasteiger partial charge < -0.3 is 0 Å². The molecule has 2 rings (SSSR count). The molecule has 2 N–H and O–H groups in total. The molecule has 0 amide bonds. The Hall–Kier alpha value is -0.920. The van der Waals surface area contributed by atoms with E-state index in [1.165, 1.54) is 4.31 Å². The average Bonchev–Trinajstić information content (AvgIpc) is 2.73. The third kappa shape index (κ3) is 3.09. The molecule has 1 fully saturated rings. The fourth-order valence-corrected chi connectivity index (χ4v) is 3.25. The van der Waals surface area contributed by atoms with Crippen molar-refractivity contribution in [2.75, 3.05) is 13.1 Å². The number of H-pyrrole nitrogens is 1. The fourth-order valence-electron chi connectivity index (χ4n) is 2.04. The Morgan fingerprint density at radius 2 is 2.17 bits per heavy atom. The first-order valence-electron chi connectivity index (χ1n) is 6.22. The van der Waals surface area contributed by atoms with Gasteiger partial charge in [-0.3, -0.25) is 5.10 Å². The zero-order chi connectivity index (χ0) is 13.2. The van der Waals surface area contributed by atoms with Crippen LogP contribution in [0.2, 0.25) is 0 Å². The maximum atomic E-state index is 12.1.